The van der Waals surface area contributed by atoms with Gasteiger partial charge in [0.2, 0.25) is 5.91 Å². The molecule has 0 aliphatic heterocycles. The molecule has 0 heterocycles. The van der Waals surface area contributed by atoms with Gasteiger partial charge in [0.05, 0.1) is 6.54 Å². The number of amides is 2. The monoisotopic (exact) mass is 349 g/mol. The van der Waals surface area contributed by atoms with Crippen LogP contribution in [-0.2, 0) is 9.53 Å². The number of benzene rings is 1. The maximum atomic E-state index is 12.6. The number of ether oxygens (including phenoxy) is 1. The summed E-state index contributed by atoms with van der Waals surface area (Å²) in [6.07, 6.45) is -0.474. The van der Waals surface area contributed by atoms with Gasteiger partial charge in [-0.05, 0) is 60.1 Å². The Morgan fingerprint density at radius 1 is 1.16 bits per heavy atom. The molecule has 0 aromatic heterocycles. The van der Waals surface area contributed by atoms with Gasteiger partial charge in [0, 0.05) is 11.2 Å². The number of nitrogens with zero attached hydrogens (tertiary/aromatic N) is 1. The van der Waals surface area contributed by atoms with Crippen LogP contribution in [0.5, 0.6) is 0 Å². The Bertz CT molecular complexity index is 615. The molecule has 0 aliphatic rings. The summed E-state index contributed by atoms with van der Waals surface area (Å²) in [6, 6.07) is 6.88. The smallest absolute Gasteiger partial charge is 0.410 e. The Hall–Kier alpha value is -2.24. The number of hydrogen-bond donors (Lipinski definition) is 2. The summed E-state index contributed by atoms with van der Waals surface area (Å²) in [4.78, 5) is 26.1. The number of nitrogens with two attached hydrogens (primary N) is 1. The van der Waals surface area contributed by atoms with Crippen molar-refractivity contribution in [1.82, 2.24) is 4.90 Å². The zero-order valence-electron chi connectivity index (χ0n) is 16.3. The molecular weight excluding hydrogens is 318 g/mol. The number of anilines is 1. The molecule has 0 spiro atoms. The van der Waals surface area contributed by atoms with Crippen molar-refractivity contribution in [1.29, 1.82) is 0 Å². The molecule has 3 N–H and O–H groups in total. The molecule has 6 nitrogen and oxygen atoms in total. The van der Waals surface area contributed by atoms with E-state index in [1.807, 2.05) is 72.7 Å². The van der Waals surface area contributed by atoms with Crippen LogP contribution in [0, 0.1) is 6.92 Å². The fourth-order valence-corrected chi connectivity index (χ4v) is 2.25. The lowest BCUT2D eigenvalue weighted by Crippen LogP contribution is -2.54. The minimum absolute atomic E-state index is 0.113. The van der Waals surface area contributed by atoms with Gasteiger partial charge in [-0.1, -0.05) is 18.2 Å². The lowest BCUT2D eigenvalue weighted by Gasteiger charge is -2.38. The molecule has 25 heavy (non-hydrogen) atoms. The first kappa shape index (κ1) is 20.8. The number of para-hydroxylation sites is 1. The molecule has 0 fully saturated rings. The zero-order valence-corrected chi connectivity index (χ0v) is 16.3. The second-order valence-corrected chi connectivity index (χ2v) is 8.18. The van der Waals surface area contributed by atoms with Crippen LogP contribution in [0.25, 0.3) is 0 Å². The van der Waals surface area contributed by atoms with E-state index in [0.717, 1.165) is 11.3 Å². The molecule has 0 radical (unpaired) electrons. The van der Waals surface area contributed by atoms with Gasteiger partial charge in [-0.3, -0.25) is 4.79 Å². The fourth-order valence-electron chi connectivity index (χ4n) is 2.25. The number of nitrogens with one attached hydrogen (secondary N) is 1. The molecular formula is C19H31N3O3. The van der Waals surface area contributed by atoms with Crippen LogP contribution in [0.4, 0.5) is 10.5 Å². The van der Waals surface area contributed by atoms with Crippen LogP contribution >= 0.6 is 0 Å². The van der Waals surface area contributed by atoms with E-state index in [0.29, 0.717) is 0 Å². The van der Waals surface area contributed by atoms with Crippen molar-refractivity contribution < 1.29 is 14.3 Å². The number of primary amides is 1. The number of aryl methyl sites for hydroxylation is 1. The highest BCUT2D eigenvalue weighted by Gasteiger charge is 2.34. The van der Waals surface area contributed by atoms with Crippen molar-refractivity contribution in [3.05, 3.63) is 29.8 Å². The SMILES string of the molecule is Cc1ccccc1NC(CN(C(=O)OC(C)(C)C)C(C)(C)C)C(N)=O. The summed E-state index contributed by atoms with van der Waals surface area (Å²) in [5.41, 5.74) is 6.23. The number of carbonyl (C=O) groups is 2. The lowest BCUT2D eigenvalue weighted by molar-refractivity contribution is -0.119. The Labute approximate surface area is 150 Å². The minimum Gasteiger partial charge on any atom is -0.444 e. The third-order valence-electron chi connectivity index (χ3n) is 3.61. The normalized spacial score (nSPS) is 13.1. The third-order valence-corrected chi connectivity index (χ3v) is 3.61. The van der Waals surface area contributed by atoms with Crippen LogP contribution in [0.15, 0.2) is 24.3 Å². The summed E-state index contributed by atoms with van der Waals surface area (Å²) in [5.74, 6) is -0.527. The highest BCUT2D eigenvalue weighted by Crippen LogP contribution is 2.21. The summed E-state index contributed by atoms with van der Waals surface area (Å²) in [7, 11) is 0. The minimum atomic E-state index is -0.729. The van der Waals surface area contributed by atoms with Crippen molar-refractivity contribution in [2.24, 2.45) is 5.73 Å². The Kier molecular flexibility index (Phi) is 6.46. The molecule has 1 aromatic carbocycles. The van der Waals surface area contributed by atoms with Crippen molar-refractivity contribution in [3.8, 4) is 0 Å². The van der Waals surface area contributed by atoms with E-state index in [9.17, 15) is 9.59 Å². The summed E-state index contributed by atoms with van der Waals surface area (Å²) >= 11 is 0. The highest BCUT2D eigenvalue weighted by molar-refractivity contribution is 5.84. The third kappa shape index (κ3) is 6.64. The van der Waals surface area contributed by atoms with Crippen molar-refractivity contribution in [3.63, 3.8) is 0 Å². The number of carbonyl (C=O) groups excluding carboxylic acids is 2. The van der Waals surface area contributed by atoms with Gasteiger partial charge in [0.15, 0.2) is 0 Å². The Morgan fingerprint density at radius 2 is 1.72 bits per heavy atom. The maximum absolute atomic E-state index is 12.6. The molecule has 1 rings (SSSR count). The summed E-state index contributed by atoms with van der Waals surface area (Å²) in [5, 5.41) is 3.14. The second kappa shape index (κ2) is 7.76. The van der Waals surface area contributed by atoms with Crippen molar-refractivity contribution in [2.45, 2.75) is 65.6 Å². The van der Waals surface area contributed by atoms with Crippen molar-refractivity contribution in [2.75, 3.05) is 11.9 Å². The predicted molar refractivity (Wildman–Crippen MR) is 100 cm³/mol. The molecule has 2 amide bonds. The number of rotatable bonds is 5. The molecule has 0 saturated carbocycles. The number of hydrogen-bond acceptors (Lipinski definition) is 4. The molecule has 0 aliphatic carbocycles. The Balaban J connectivity index is 3.03. The Morgan fingerprint density at radius 3 is 2.16 bits per heavy atom. The highest BCUT2D eigenvalue weighted by atomic mass is 16.6. The second-order valence-electron chi connectivity index (χ2n) is 8.18. The zero-order chi connectivity index (χ0) is 19.4. The van der Waals surface area contributed by atoms with Gasteiger partial charge in [-0.25, -0.2) is 4.79 Å². The van der Waals surface area contributed by atoms with Gasteiger partial charge in [0.25, 0.3) is 0 Å². The molecule has 140 valence electrons. The summed E-state index contributed by atoms with van der Waals surface area (Å²) in [6.45, 7) is 13.2. The predicted octanol–water partition coefficient (Wildman–Crippen LogP) is 3.30. The van der Waals surface area contributed by atoms with Gasteiger partial charge < -0.3 is 20.7 Å². The molecule has 6 heteroatoms. The quantitative estimate of drug-likeness (QED) is 0.854. The van der Waals surface area contributed by atoms with Crippen LogP contribution in [0.2, 0.25) is 0 Å². The average molecular weight is 349 g/mol. The van der Waals surface area contributed by atoms with Crippen LogP contribution < -0.4 is 11.1 Å². The topological polar surface area (TPSA) is 84.7 Å². The van der Waals surface area contributed by atoms with Gasteiger partial charge in [-0.15, -0.1) is 0 Å². The largest absolute Gasteiger partial charge is 0.444 e. The van der Waals surface area contributed by atoms with E-state index in [1.54, 1.807) is 0 Å². The van der Waals surface area contributed by atoms with E-state index >= 15 is 0 Å². The van der Waals surface area contributed by atoms with Gasteiger partial charge in [0.1, 0.15) is 11.6 Å². The summed E-state index contributed by atoms with van der Waals surface area (Å²) < 4.78 is 5.49. The molecule has 1 aromatic rings. The average Bonchev–Trinajstić information content (AvgIpc) is 2.41. The molecule has 0 bridgehead atoms. The first-order valence-electron chi connectivity index (χ1n) is 8.43. The van der Waals surface area contributed by atoms with Crippen LogP contribution in [-0.4, -0.2) is 40.6 Å². The maximum Gasteiger partial charge on any atom is 0.410 e. The lowest BCUT2D eigenvalue weighted by atomic mass is 10.0. The first-order chi connectivity index (χ1) is 11.3. The van der Waals surface area contributed by atoms with E-state index in [-0.39, 0.29) is 6.54 Å². The standard InChI is InChI=1S/C19H31N3O3/c1-13-10-8-9-11-14(13)21-15(16(20)23)12-22(18(2,3)4)17(24)25-19(5,6)7/h8-11,15,21H,12H2,1-7H3,(H2,20,23). The van der Waals surface area contributed by atoms with Crippen molar-refractivity contribution >= 4 is 17.7 Å². The van der Waals surface area contributed by atoms with E-state index < -0.39 is 29.2 Å². The first-order valence-corrected chi connectivity index (χ1v) is 8.43. The van der Waals surface area contributed by atoms with Gasteiger partial charge in [-0.2, -0.15) is 0 Å². The van der Waals surface area contributed by atoms with Gasteiger partial charge >= 0.3 is 6.09 Å². The van der Waals surface area contributed by atoms with E-state index in [2.05, 4.69) is 5.32 Å². The molecule has 1 atom stereocenters. The fraction of sp³-hybridized carbons (Fsp3) is 0.579. The molecule has 0 saturated heterocycles. The van der Waals surface area contributed by atoms with Crippen LogP contribution in [0.1, 0.15) is 47.1 Å². The van der Waals surface area contributed by atoms with E-state index in [1.165, 1.54) is 4.90 Å². The van der Waals surface area contributed by atoms with Crippen LogP contribution in [0.3, 0.4) is 0 Å². The molecule has 1 unspecified atom stereocenters. The van der Waals surface area contributed by atoms with E-state index in [4.69, 9.17) is 10.5 Å².